The summed E-state index contributed by atoms with van der Waals surface area (Å²) in [7, 11) is 0. The second-order valence-electron chi connectivity index (χ2n) is 7.13. The van der Waals surface area contributed by atoms with Gasteiger partial charge in [-0.3, -0.25) is 15.0 Å². The quantitative estimate of drug-likeness (QED) is 0.362. The molecule has 0 aliphatic rings. The molecule has 0 bridgehead atoms. The molecule has 0 atom stereocenters. The number of aromatic amines is 1. The van der Waals surface area contributed by atoms with Gasteiger partial charge in [-0.15, -0.1) is 0 Å². The van der Waals surface area contributed by atoms with Crippen molar-refractivity contribution < 1.29 is 10.2 Å². The predicted octanol–water partition coefficient (Wildman–Crippen LogP) is 3.47. The smallest absolute Gasteiger partial charge is 0.223 e. The number of rotatable bonds is 2. The van der Waals surface area contributed by atoms with Gasteiger partial charge < -0.3 is 15.2 Å². The number of aryl methyl sites for hydroxylation is 1. The molecule has 0 radical (unpaired) electrons. The molecular weight excluding hydrogens is 380 g/mol. The Morgan fingerprint density at radius 2 is 1.83 bits per heavy atom. The molecule has 4 heterocycles. The molecule has 0 saturated heterocycles. The molecule has 4 N–H and O–H groups in total. The zero-order chi connectivity index (χ0) is 21.0. The molecule has 148 valence electrons. The summed E-state index contributed by atoms with van der Waals surface area (Å²) in [6.45, 7) is 3.69. The van der Waals surface area contributed by atoms with Crippen LogP contribution in [0.25, 0.3) is 39.0 Å². The Labute approximate surface area is 170 Å². The van der Waals surface area contributed by atoms with Gasteiger partial charge in [0, 0.05) is 11.8 Å². The molecular formula is C22H18N6O2. The Bertz CT molecular complexity index is 1500. The lowest BCUT2D eigenvalue weighted by atomic mass is 10.1. The first-order valence-electron chi connectivity index (χ1n) is 9.34. The van der Waals surface area contributed by atoms with Gasteiger partial charge in [0.05, 0.1) is 39.7 Å². The molecule has 5 aromatic rings. The number of benzene rings is 1. The molecule has 0 saturated carbocycles. The van der Waals surface area contributed by atoms with Gasteiger partial charge in [-0.25, -0.2) is 9.97 Å². The van der Waals surface area contributed by atoms with Crippen LogP contribution in [0, 0.1) is 19.3 Å². The van der Waals surface area contributed by atoms with Crippen LogP contribution < -0.4 is 5.49 Å². The van der Waals surface area contributed by atoms with Gasteiger partial charge in [-0.1, -0.05) is 12.1 Å². The highest BCUT2D eigenvalue weighted by atomic mass is 16.3. The van der Waals surface area contributed by atoms with Gasteiger partial charge in [-0.2, -0.15) is 0 Å². The zero-order valence-electron chi connectivity index (χ0n) is 16.3. The predicted molar refractivity (Wildman–Crippen MR) is 113 cm³/mol. The van der Waals surface area contributed by atoms with Gasteiger partial charge in [0.1, 0.15) is 11.2 Å². The molecule has 0 amide bonds. The van der Waals surface area contributed by atoms with Crippen molar-refractivity contribution in [1.29, 1.82) is 5.41 Å². The maximum atomic E-state index is 10.9. The van der Waals surface area contributed by atoms with Crippen LogP contribution in [0.3, 0.4) is 0 Å². The lowest BCUT2D eigenvalue weighted by molar-refractivity contribution is 0.461. The Kier molecular flexibility index (Phi) is 3.82. The summed E-state index contributed by atoms with van der Waals surface area (Å²) in [4.78, 5) is 16.2. The molecule has 0 aliphatic carbocycles. The summed E-state index contributed by atoms with van der Waals surface area (Å²) in [6, 6.07) is 10.7. The standard InChI is InChI=1S/C22H18N6O2/c1-11-6-7-16(29)12(2)19(11)28-20(23)18-17-15(25-10-26-21(17)28)9-14(27-22(18)30)13-5-3-4-8-24-13/h3-10,23,29-30H,1-2H3,(H,25,26). The number of phenols is 1. The lowest BCUT2D eigenvalue weighted by Crippen LogP contribution is -2.16. The largest absolute Gasteiger partial charge is 0.508 e. The van der Waals surface area contributed by atoms with Crippen molar-refractivity contribution in [2.24, 2.45) is 0 Å². The molecule has 30 heavy (non-hydrogen) atoms. The highest BCUT2D eigenvalue weighted by molar-refractivity contribution is 6.08. The van der Waals surface area contributed by atoms with Crippen molar-refractivity contribution in [3.8, 4) is 28.7 Å². The van der Waals surface area contributed by atoms with Crippen molar-refractivity contribution in [3.05, 3.63) is 65.5 Å². The van der Waals surface area contributed by atoms with E-state index in [0.29, 0.717) is 39.2 Å². The fourth-order valence-electron chi connectivity index (χ4n) is 3.87. The van der Waals surface area contributed by atoms with Crippen LogP contribution in [-0.4, -0.2) is 34.7 Å². The first-order valence-corrected chi connectivity index (χ1v) is 9.34. The van der Waals surface area contributed by atoms with E-state index in [1.54, 1.807) is 54.3 Å². The third-order valence-electron chi connectivity index (χ3n) is 5.31. The van der Waals surface area contributed by atoms with Gasteiger partial charge >= 0.3 is 0 Å². The molecule has 5 rings (SSSR count). The molecule has 0 fully saturated rings. The Morgan fingerprint density at radius 1 is 1.00 bits per heavy atom. The fourth-order valence-corrected chi connectivity index (χ4v) is 3.87. The third kappa shape index (κ3) is 2.47. The van der Waals surface area contributed by atoms with E-state index in [4.69, 9.17) is 5.41 Å². The van der Waals surface area contributed by atoms with Gasteiger partial charge in [-0.05, 0) is 43.7 Å². The van der Waals surface area contributed by atoms with E-state index in [1.807, 2.05) is 13.0 Å². The van der Waals surface area contributed by atoms with Crippen LogP contribution >= 0.6 is 0 Å². The number of aromatic hydroxyl groups is 2. The fraction of sp³-hybridized carbons (Fsp3) is 0.0909. The summed E-state index contributed by atoms with van der Waals surface area (Å²) in [5.74, 6) is -0.153. The van der Waals surface area contributed by atoms with Crippen molar-refractivity contribution in [3.63, 3.8) is 0 Å². The van der Waals surface area contributed by atoms with Gasteiger partial charge in [0.15, 0.2) is 5.65 Å². The number of hydrogen-bond donors (Lipinski definition) is 4. The monoisotopic (exact) mass is 398 g/mol. The van der Waals surface area contributed by atoms with E-state index in [1.165, 1.54) is 0 Å². The van der Waals surface area contributed by atoms with Crippen molar-refractivity contribution in [2.45, 2.75) is 13.8 Å². The number of pyridine rings is 1. The first kappa shape index (κ1) is 17.9. The SMILES string of the molecule is Cc1ccc(O)c(C)c1-n1c(=N)c2c(O)nc(-c3ccccn3)cc3[nH]cnc1c32. The van der Waals surface area contributed by atoms with Crippen LogP contribution in [0.15, 0.2) is 48.9 Å². The summed E-state index contributed by atoms with van der Waals surface area (Å²) in [5, 5.41) is 30.8. The second-order valence-corrected chi connectivity index (χ2v) is 7.13. The number of nitrogens with one attached hydrogen (secondary N) is 2. The molecule has 0 aliphatic heterocycles. The molecule has 8 nitrogen and oxygen atoms in total. The van der Waals surface area contributed by atoms with E-state index in [2.05, 4.69) is 19.9 Å². The van der Waals surface area contributed by atoms with Crippen molar-refractivity contribution >= 4 is 21.9 Å². The highest BCUT2D eigenvalue weighted by Gasteiger charge is 2.21. The van der Waals surface area contributed by atoms with Crippen LogP contribution in [0.2, 0.25) is 0 Å². The average Bonchev–Trinajstić information content (AvgIpc) is 2.94. The number of phenolic OH excluding ortho intramolecular Hbond substituents is 1. The molecule has 4 aromatic heterocycles. The van der Waals surface area contributed by atoms with Gasteiger partial charge in [0.25, 0.3) is 0 Å². The van der Waals surface area contributed by atoms with E-state index >= 15 is 0 Å². The van der Waals surface area contributed by atoms with Crippen LogP contribution in [0.1, 0.15) is 11.1 Å². The minimum atomic E-state index is -0.281. The Morgan fingerprint density at radius 3 is 2.60 bits per heavy atom. The molecule has 0 spiro atoms. The maximum Gasteiger partial charge on any atom is 0.223 e. The number of nitrogens with zero attached hydrogens (tertiary/aromatic N) is 4. The van der Waals surface area contributed by atoms with Crippen LogP contribution in [0.5, 0.6) is 11.6 Å². The molecule has 0 unspecified atom stereocenters. The minimum absolute atomic E-state index is 0.0343. The van der Waals surface area contributed by atoms with Gasteiger partial charge in [0.2, 0.25) is 5.88 Å². The number of H-pyrrole nitrogens is 1. The number of aromatic nitrogens is 5. The topological polar surface area (TPSA) is 124 Å². The van der Waals surface area contributed by atoms with E-state index in [-0.39, 0.29) is 22.5 Å². The van der Waals surface area contributed by atoms with Crippen LogP contribution in [-0.2, 0) is 0 Å². The zero-order valence-corrected chi connectivity index (χ0v) is 16.3. The second kappa shape index (κ2) is 6.41. The van der Waals surface area contributed by atoms with E-state index < -0.39 is 0 Å². The Balaban J connectivity index is 1.95. The van der Waals surface area contributed by atoms with Crippen LogP contribution in [0.4, 0.5) is 0 Å². The Hall–Kier alpha value is -4.20. The minimum Gasteiger partial charge on any atom is -0.508 e. The van der Waals surface area contributed by atoms with Crippen molar-refractivity contribution in [2.75, 3.05) is 0 Å². The summed E-state index contributed by atoms with van der Waals surface area (Å²) in [5.41, 5.74) is 4.41. The number of hydrogen-bond acceptors (Lipinski definition) is 6. The lowest BCUT2D eigenvalue weighted by Gasteiger charge is -2.13. The normalized spacial score (nSPS) is 11.4. The summed E-state index contributed by atoms with van der Waals surface area (Å²) >= 11 is 0. The van der Waals surface area contributed by atoms with Crippen molar-refractivity contribution in [1.82, 2.24) is 24.5 Å². The van der Waals surface area contributed by atoms with E-state index in [0.717, 1.165) is 5.56 Å². The molecule has 8 heteroatoms. The first-order chi connectivity index (χ1) is 14.5. The third-order valence-corrected chi connectivity index (χ3v) is 5.31. The molecule has 1 aromatic carbocycles. The summed E-state index contributed by atoms with van der Waals surface area (Å²) in [6.07, 6.45) is 3.20. The summed E-state index contributed by atoms with van der Waals surface area (Å²) < 4.78 is 1.64. The maximum absolute atomic E-state index is 10.9. The average molecular weight is 398 g/mol. The highest BCUT2D eigenvalue weighted by Crippen LogP contribution is 2.33. The van der Waals surface area contributed by atoms with E-state index in [9.17, 15) is 10.2 Å².